The van der Waals surface area contributed by atoms with E-state index in [4.69, 9.17) is 23.2 Å². The number of hydrazine groups is 1. The molecule has 0 radical (unpaired) electrons. The Bertz CT molecular complexity index is 1000. The number of pyridine rings is 2. The third-order valence-electron chi connectivity index (χ3n) is 3.37. The number of hydrogen-bond acceptors (Lipinski definition) is 4. The Morgan fingerprint density at radius 1 is 1.00 bits per heavy atom. The van der Waals surface area contributed by atoms with Crippen molar-refractivity contribution in [2.75, 3.05) is 0 Å². The van der Waals surface area contributed by atoms with Crippen LogP contribution in [0.2, 0.25) is 10.2 Å². The van der Waals surface area contributed by atoms with E-state index < -0.39 is 11.8 Å². The lowest BCUT2D eigenvalue weighted by Crippen LogP contribution is -2.40. The van der Waals surface area contributed by atoms with Gasteiger partial charge in [-0.15, -0.1) is 0 Å². The zero-order valence-corrected chi connectivity index (χ0v) is 14.8. The summed E-state index contributed by atoms with van der Waals surface area (Å²) in [4.78, 5) is 31.9. The summed E-state index contributed by atoms with van der Waals surface area (Å²) in [5, 5.41) is 1.81. The summed E-state index contributed by atoms with van der Waals surface area (Å²) in [5.74, 6) is -1.01. The van der Waals surface area contributed by atoms with E-state index >= 15 is 0 Å². The van der Waals surface area contributed by atoms with Crippen molar-refractivity contribution in [3.05, 3.63) is 76.2 Å². The summed E-state index contributed by atoms with van der Waals surface area (Å²) in [7, 11) is 0. The van der Waals surface area contributed by atoms with Gasteiger partial charge in [0.2, 0.25) is 0 Å². The number of nitrogens with zero attached hydrogens (tertiary/aromatic N) is 2. The summed E-state index contributed by atoms with van der Waals surface area (Å²) in [5.41, 5.74) is 6.14. The number of benzene rings is 1. The van der Waals surface area contributed by atoms with Crippen LogP contribution in [0.15, 0.2) is 54.7 Å². The third-order valence-corrected chi connectivity index (χ3v) is 3.83. The predicted octanol–water partition coefficient (Wildman–Crippen LogP) is 3.41. The van der Waals surface area contributed by atoms with Gasteiger partial charge in [0.15, 0.2) is 0 Å². The molecule has 0 bridgehead atoms. The quantitative estimate of drug-likeness (QED) is 0.410. The minimum Gasteiger partial charge on any atom is -0.268 e. The molecule has 0 spiro atoms. The van der Waals surface area contributed by atoms with Gasteiger partial charge < -0.3 is 0 Å². The molecule has 0 unspecified atom stereocenters. The third kappa shape index (κ3) is 4.56. The van der Waals surface area contributed by atoms with Gasteiger partial charge in [0.25, 0.3) is 11.8 Å². The second-order valence-corrected chi connectivity index (χ2v) is 6.04. The first-order chi connectivity index (χ1) is 12.5. The van der Waals surface area contributed by atoms with Crippen molar-refractivity contribution in [2.24, 2.45) is 0 Å². The molecule has 26 heavy (non-hydrogen) atoms. The van der Waals surface area contributed by atoms with Crippen molar-refractivity contribution < 1.29 is 9.59 Å². The molecule has 2 aromatic heterocycles. The number of fused-ring (bicyclic) bond motifs is 1. The Labute approximate surface area is 158 Å². The van der Waals surface area contributed by atoms with E-state index in [1.807, 2.05) is 12.1 Å². The maximum absolute atomic E-state index is 11.9. The van der Waals surface area contributed by atoms with E-state index in [1.165, 1.54) is 30.5 Å². The number of rotatable bonds is 3. The van der Waals surface area contributed by atoms with Gasteiger partial charge in [-0.2, -0.15) is 0 Å². The summed E-state index contributed by atoms with van der Waals surface area (Å²) in [6.07, 6.45) is 4.11. The number of carbonyl (C=O) groups is 2. The van der Waals surface area contributed by atoms with Gasteiger partial charge in [-0.05, 0) is 36.4 Å². The van der Waals surface area contributed by atoms with Crippen LogP contribution in [0.5, 0.6) is 0 Å². The second kappa shape index (κ2) is 7.95. The van der Waals surface area contributed by atoms with Gasteiger partial charge >= 0.3 is 0 Å². The number of nitrogens with one attached hydrogen (secondary N) is 2. The molecule has 0 aliphatic rings. The number of halogens is 2. The minimum absolute atomic E-state index is 0.270. The molecule has 0 aliphatic carbocycles. The molecule has 0 saturated carbocycles. The molecule has 6 nitrogen and oxygen atoms in total. The molecule has 2 heterocycles. The monoisotopic (exact) mass is 386 g/mol. The molecule has 0 aliphatic heterocycles. The molecule has 0 saturated heterocycles. The van der Waals surface area contributed by atoms with Crippen LogP contribution in [0.4, 0.5) is 0 Å². The Hall–Kier alpha value is -2.96. The van der Waals surface area contributed by atoms with Crippen LogP contribution in [-0.2, 0) is 4.79 Å². The molecule has 0 fully saturated rings. The number of amides is 2. The van der Waals surface area contributed by atoms with Crippen LogP contribution >= 0.6 is 23.2 Å². The number of aromatic nitrogens is 2. The predicted molar refractivity (Wildman–Crippen MR) is 101 cm³/mol. The molecule has 8 heteroatoms. The molecular weight excluding hydrogens is 375 g/mol. The smallest absolute Gasteiger partial charge is 0.268 e. The zero-order chi connectivity index (χ0) is 18.5. The SMILES string of the molecule is O=C(C=Cc1ccc2ccc(Cl)cc2n1)NNC(=O)c1ccc(Cl)nc1. The molecule has 3 rings (SSSR count). The Kier molecular flexibility index (Phi) is 5.46. The molecule has 3 aromatic rings. The fourth-order valence-electron chi connectivity index (χ4n) is 2.10. The van der Waals surface area contributed by atoms with Crippen LogP contribution in [-0.4, -0.2) is 21.8 Å². The molecule has 0 atom stereocenters. The van der Waals surface area contributed by atoms with Crippen molar-refractivity contribution in [3.8, 4) is 0 Å². The highest BCUT2D eigenvalue weighted by Gasteiger charge is 2.06. The Morgan fingerprint density at radius 2 is 1.81 bits per heavy atom. The lowest BCUT2D eigenvalue weighted by molar-refractivity contribution is -0.117. The highest BCUT2D eigenvalue weighted by atomic mass is 35.5. The molecule has 130 valence electrons. The summed E-state index contributed by atoms with van der Waals surface area (Å²) < 4.78 is 0. The van der Waals surface area contributed by atoms with Gasteiger partial charge in [-0.1, -0.05) is 35.3 Å². The first kappa shape index (κ1) is 17.8. The second-order valence-electron chi connectivity index (χ2n) is 5.22. The minimum atomic E-state index is -0.506. The average molecular weight is 387 g/mol. The van der Waals surface area contributed by atoms with Gasteiger partial charge in [-0.3, -0.25) is 20.4 Å². The highest BCUT2D eigenvalue weighted by Crippen LogP contribution is 2.18. The Morgan fingerprint density at radius 3 is 2.58 bits per heavy atom. The van der Waals surface area contributed by atoms with E-state index in [0.29, 0.717) is 10.7 Å². The van der Waals surface area contributed by atoms with Gasteiger partial charge in [0.05, 0.1) is 16.8 Å². The van der Waals surface area contributed by atoms with Crippen LogP contribution in [0.25, 0.3) is 17.0 Å². The van der Waals surface area contributed by atoms with E-state index in [-0.39, 0.29) is 10.7 Å². The average Bonchev–Trinajstić information content (AvgIpc) is 2.64. The lowest BCUT2D eigenvalue weighted by Gasteiger charge is -2.05. The van der Waals surface area contributed by atoms with E-state index in [1.54, 1.807) is 18.2 Å². The van der Waals surface area contributed by atoms with Crippen LogP contribution in [0.1, 0.15) is 16.1 Å². The van der Waals surface area contributed by atoms with Crippen molar-refractivity contribution in [3.63, 3.8) is 0 Å². The van der Waals surface area contributed by atoms with Crippen LogP contribution in [0.3, 0.4) is 0 Å². The maximum atomic E-state index is 11.9. The number of carbonyl (C=O) groups excluding carboxylic acids is 2. The molecule has 2 amide bonds. The van der Waals surface area contributed by atoms with Crippen LogP contribution in [0, 0.1) is 0 Å². The summed E-state index contributed by atoms with van der Waals surface area (Å²) in [6.45, 7) is 0. The van der Waals surface area contributed by atoms with Crippen molar-refractivity contribution >= 4 is 52.0 Å². The summed E-state index contributed by atoms with van der Waals surface area (Å²) >= 11 is 11.6. The molecule has 2 N–H and O–H groups in total. The van der Waals surface area contributed by atoms with Gasteiger partial charge in [0.1, 0.15) is 5.15 Å². The summed E-state index contributed by atoms with van der Waals surface area (Å²) in [6, 6.07) is 12.0. The molecule has 1 aromatic carbocycles. The van der Waals surface area contributed by atoms with Crippen molar-refractivity contribution in [2.45, 2.75) is 0 Å². The van der Waals surface area contributed by atoms with Crippen LogP contribution < -0.4 is 10.9 Å². The largest absolute Gasteiger partial charge is 0.271 e. The fourth-order valence-corrected chi connectivity index (χ4v) is 2.38. The molecular formula is C18H12Cl2N4O2. The normalized spacial score (nSPS) is 10.8. The van der Waals surface area contributed by atoms with Crippen molar-refractivity contribution in [1.29, 1.82) is 0 Å². The topological polar surface area (TPSA) is 84.0 Å². The van der Waals surface area contributed by atoms with Gasteiger partial charge in [0, 0.05) is 22.7 Å². The zero-order valence-electron chi connectivity index (χ0n) is 13.2. The lowest BCUT2D eigenvalue weighted by atomic mass is 10.2. The van der Waals surface area contributed by atoms with Gasteiger partial charge in [-0.25, -0.2) is 9.97 Å². The van der Waals surface area contributed by atoms with E-state index in [0.717, 1.165) is 10.9 Å². The maximum Gasteiger partial charge on any atom is 0.271 e. The van der Waals surface area contributed by atoms with E-state index in [9.17, 15) is 9.59 Å². The van der Waals surface area contributed by atoms with E-state index in [2.05, 4.69) is 20.8 Å². The highest BCUT2D eigenvalue weighted by molar-refractivity contribution is 6.31. The first-order valence-electron chi connectivity index (χ1n) is 7.47. The fraction of sp³-hybridized carbons (Fsp3) is 0. The Balaban J connectivity index is 1.60. The number of hydrogen-bond donors (Lipinski definition) is 2. The standard InChI is InChI=1S/C18H12Cl2N4O2/c19-13-4-1-11-2-5-14(22-15(11)9-13)6-8-17(25)23-24-18(26)12-3-7-16(20)21-10-12/h1-10H,(H,23,25)(H,24,26). The first-order valence-corrected chi connectivity index (χ1v) is 8.23. The van der Waals surface area contributed by atoms with Crippen molar-refractivity contribution in [1.82, 2.24) is 20.8 Å².